The molecule has 0 aliphatic rings. The number of carbonyl (C=O) groups excluding carboxylic acids is 2. The van der Waals surface area contributed by atoms with E-state index in [1.807, 2.05) is 6.92 Å². The molecule has 2 amide bonds. The number of nitrogens with one attached hydrogen (secondary N) is 2. The molecule has 0 radical (unpaired) electrons. The zero-order chi connectivity index (χ0) is 17.8. The molecule has 0 fully saturated rings. The SMILES string of the molecule is COc1ccc(NC(=O)c2sc(NC(=O)c3ccco3)cc2C)cc1. The third kappa shape index (κ3) is 3.89. The van der Waals surface area contributed by atoms with Gasteiger partial charge >= 0.3 is 0 Å². The van der Waals surface area contributed by atoms with Gasteiger partial charge in [-0.2, -0.15) is 0 Å². The maximum absolute atomic E-state index is 12.5. The maximum atomic E-state index is 12.5. The number of methoxy groups -OCH3 is 1. The summed E-state index contributed by atoms with van der Waals surface area (Å²) in [6, 6.07) is 12.0. The number of carbonyl (C=O) groups is 2. The van der Waals surface area contributed by atoms with Crippen LogP contribution in [0.2, 0.25) is 0 Å². The number of aryl methyl sites for hydroxylation is 1. The van der Waals surface area contributed by atoms with E-state index in [-0.39, 0.29) is 17.6 Å². The topological polar surface area (TPSA) is 80.6 Å². The Kier molecular flexibility index (Phi) is 4.85. The highest BCUT2D eigenvalue weighted by Gasteiger charge is 2.16. The monoisotopic (exact) mass is 356 g/mol. The van der Waals surface area contributed by atoms with Gasteiger partial charge in [-0.3, -0.25) is 9.59 Å². The van der Waals surface area contributed by atoms with E-state index in [2.05, 4.69) is 10.6 Å². The van der Waals surface area contributed by atoms with Crippen LogP contribution in [0.3, 0.4) is 0 Å². The molecule has 25 heavy (non-hydrogen) atoms. The fraction of sp³-hybridized carbons (Fsp3) is 0.111. The summed E-state index contributed by atoms with van der Waals surface area (Å²) >= 11 is 1.21. The molecule has 1 aromatic carbocycles. The van der Waals surface area contributed by atoms with Crippen LogP contribution < -0.4 is 15.4 Å². The molecule has 0 aliphatic heterocycles. The van der Waals surface area contributed by atoms with Crippen molar-refractivity contribution in [2.45, 2.75) is 6.92 Å². The van der Waals surface area contributed by atoms with E-state index in [9.17, 15) is 9.59 Å². The standard InChI is InChI=1S/C18H16N2O4S/c1-11-10-15(20-17(21)14-4-3-9-24-14)25-16(11)18(22)19-12-5-7-13(23-2)8-6-12/h3-10H,1-2H3,(H,19,22)(H,20,21). The molecule has 3 aromatic rings. The minimum absolute atomic E-state index is 0.218. The second kappa shape index (κ2) is 7.23. The lowest BCUT2D eigenvalue weighted by molar-refractivity contribution is 0.0995. The Morgan fingerprint density at radius 3 is 2.48 bits per heavy atom. The third-order valence-corrected chi connectivity index (χ3v) is 4.60. The molecule has 0 saturated heterocycles. The largest absolute Gasteiger partial charge is 0.497 e. The van der Waals surface area contributed by atoms with Crippen LogP contribution in [-0.4, -0.2) is 18.9 Å². The Labute approximate surface area is 148 Å². The van der Waals surface area contributed by atoms with Crippen LogP contribution in [0.1, 0.15) is 25.8 Å². The third-order valence-electron chi connectivity index (χ3n) is 3.45. The second-order valence-electron chi connectivity index (χ2n) is 5.24. The minimum Gasteiger partial charge on any atom is -0.497 e. The van der Waals surface area contributed by atoms with E-state index in [1.54, 1.807) is 49.6 Å². The van der Waals surface area contributed by atoms with Gasteiger partial charge in [0.05, 0.1) is 23.3 Å². The summed E-state index contributed by atoms with van der Waals surface area (Å²) in [5.41, 5.74) is 1.45. The zero-order valence-electron chi connectivity index (χ0n) is 13.7. The summed E-state index contributed by atoms with van der Waals surface area (Å²) in [6.07, 6.45) is 1.43. The first-order chi connectivity index (χ1) is 12.1. The average molecular weight is 356 g/mol. The van der Waals surface area contributed by atoms with Gasteiger partial charge in [0.2, 0.25) is 0 Å². The van der Waals surface area contributed by atoms with Gasteiger partial charge in [0.1, 0.15) is 5.75 Å². The molecule has 2 N–H and O–H groups in total. The number of hydrogen-bond donors (Lipinski definition) is 2. The number of furan rings is 1. The van der Waals surface area contributed by atoms with Crippen molar-refractivity contribution in [2.75, 3.05) is 17.7 Å². The number of ether oxygens (including phenoxy) is 1. The molecule has 128 valence electrons. The summed E-state index contributed by atoms with van der Waals surface area (Å²) in [5.74, 6) is 0.350. The Morgan fingerprint density at radius 1 is 1.08 bits per heavy atom. The lowest BCUT2D eigenvalue weighted by atomic mass is 10.2. The van der Waals surface area contributed by atoms with E-state index in [1.165, 1.54) is 17.6 Å². The van der Waals surface area contributed by atoms with E-state index >= 15 is 0 Å². The Bertz CT molecular complexity index is 882. The quantitative estimate of drug-likeness (QED) is 0.719. The molecule has 0 bridgehead atoms. The molecule has 0 spiro atoms. The molecule has 7 heteroatoms. The van der Waals surface area contributed by atoms with Gasteiger partial charge in [0.25, 0.3) is 11.8 Å². The van der Waals surface area contributed by atoms with Gasteiger partial charge in [-0.1, -0.05) is 0 Å². The number of thiophene rings is 1. The normalized spacial score (nSPS) is 10.3. The number of amides is 2. The van der Waals surface area contributed by atoms with Crippen LogP contribution >= 0.6 is 11.3 Å². The molecule has 0 aliphatic carbocycles. The summed E-state index contributed by atoms with van der Waals surface area (Å²) < 4.78 is 10.1. The van der Waals surface area contributed by atoms with Crippen molar-refractivity contribution in [3.05, 3.63) is 64.9 Å². The van der Waals surface area contributed by atoms with E-state index in [0.29, 0.717) is 21.3 Å². The Morgan fingerprint density at radius 2 is 1.84 bits per heavy atom. The number of anilines is 2. The van der Waals surface area contributed by atoms with Crippen molar-refractivity contribution in [3.63, 3.8) is 0 Å². The van der Waals surface area contributed by atoms with Crippen molar-refractivity contribution < 1.29 is 18.7 Å². The highest BCUT2D eigenvalue weighted by atomic mass is 32.1. The van der Waals surface area contributed by atoms with E-state index in [4.69, 9.17) is 9.15 Å². The van der Waals surface area contributed by atoms with Gasteiger partial charge in [-0.25, -0.2) is 0 Å². The molecule has 3 rings (SSSR count). The zero-order valence-corrected chi connectivity index (χ0v) is 14.5. The van der Waals surface area contributed by atoms with Gasteiger partial charge in [0.15, 0.2) is 5.76 Å². The fourth-order valence-corrected chi connectivity index (χ4v) is 3.18. The van der Waals surface area contributed by atoms with Crippen LogP contribution in [0.5, 0.6) is 5.75 Å². The maximum Gasteiger partial charge on any atom is 0.291 e. The van der Waals surface area contributed by atoms with Crippen molar-refractivity contribution >= 4 is 33.8 Å². The lowest BCUT2D eigenvalue weighted by Crippen LogP contribution is -2.11. The molecule has 0 atom stereocenters. The van der Waals surface area contributed by atoms with Gasteiger partial charge in [-0.05, 0) is 55.0 Å². The van der Waals surface area contributed by atoms with Crippen molar-refractivity contribution in [1.29, 1.82) is 0 Å². The molecular formula is C18H16N2O4S. The van der Waals surface area contributed by atoms with E-state index < -0.39 is 0 Å². The van der Waals surface area contributed by atoms with Crippen molar-refractivity contribution in [2.24, 2.45) is 0 Å². The number of rotatable bonds is 5. The molecule has 2 aromatic heterocycles. The first-order valence-corrected chi connectivity index (χ1v) is 8.29. The first kappa shape index (κ1) is 16.8. The summed E-state index contributed by atoms with van der Waals surface area (Å²) in [6.45, 7) is 1.82. The number of hydrogen-bond acceptors (Lipinski definition) is 5. The van der Waals surface area contributed by atoms with Crippen molar-refractivity contribution in [1.82, 2.24) is 0 Å². The van der Waals surface area contributed by atoms with Crippen LogP contribution in [0, 0.1) is 6.92 Å². The Hall–Kier alpha value is -3.06. The van der Waals surface area contributed by atoms with Gasteiger partial charge < -0.3 is 19.8 Å². The Balaban J connectivity index is 1.70. The van der Waals surface area contributed by atoms with Crippen LogP contribution in [0.25, 0.3) is 0 Å². The average Bonchev–Trinajstić information content (AvgIpc) is 3.25. The molecule has 2 heterocycles. The highest BCUT2D eigenvalue weighted by Crippen LogP contribution is 2.28. The summed E-state index contributed by atoms with van der Waals surface area (Å²) in [7, 11) is 1.58. The molecule has 0 saturated carbocycles. The van der Waals surface area contributed by atoms with Crippen molar-refractivity contribution in [3.8, 4) is 5.75 Å². The van der Waals surface area contributed by atoms with Crippen LogP contribution in [-0.2, 0) is 0 Å². The predicted molar refractivity (Wildman–Crippen MR) is 96.7 cm³/mol. The summed E-state index contributed by atoms with van der Waals surface area (Å²) in [4.78, 5) is 25.0. The minimum atomic E-state index is -0.353. The number of benzene rings is 1. The highest BCUT2D eigenvalue weighted by molar-refractivity contribution is 7.18. The first-order valence-electron chi connectivity index (χ1n) is 7.47. The van der Waals surface area contributed by atoms with E-state index in [0.717, 1.165) is 5.56 Å². The molecule has 6 nitrogen and oxygen atoms in total. The predicted octanol–water partition coefficient (Wildman–Crippen LogP) is 4.16. The lowest BCUT2D eigenvalue weighted by Gasteiger charge is -2.05. The molecular weight excluding hydrogens is 340 g/mol. The summed E-state index contributed by atoms with van der Waals surface area (Å²) in [5, 5.41) is 6.14. The van der Waals surface area contributed by atoms with Gasteiger partial charge in [-0.15, -0.1) is 11.3 Å². The fourth-order valence-electron chi connectivity index (χ4n) is 2.21. The van der Waals surface area contributed by atoms with Crippen LogP contribution in [0.15, 0.2) is 53.1 Å². The second-order valence-corrected chi connectivity index (χ2v) is 6.29. The van der Waals surface area contributed by atoms with Crippen LogP contribution in [0.4, 0.5) is 10.7 Å². The smallest absolute Gasteiger partial charge is 0.291 e. The molecule has 0 unspecified atom stereocenters. The van der Waals surface area contributed by atoms with Gasteiger partial charge in [0, 0.05) is 5.69 Å².